The summed E-state index contributed by atoms with van der Waals surface area (Å²) >= 11 is 5.96. The molecule has 2 aliphatic rings. The molecule has 0 saturated heterocycles. The van der Waals surface area contributed by atoms with Gasteiger partial charge in [0.05, 0.1) is 11.6 Å². The predicted molar refractivity (Wildman–Crippen MR) is 76.2 cm³/mol. The number of aromatic nitrogens is 1. The molecule has 2 saturated carbocycles. The Labute approximate surface area is 119 Å². The van der Waals surface area contributed by atoms with Gasteiger partial charge >= 0.3 is 0 Å². The summed E-state index contributed by atoms with van der Waals surface area (Å²) < 4.78 is 0. The van der Waals surface area contributed by atoms with Gasteiger partial charge in [0.15, 0.2) is 0 Å². The van der Waals surface area contributed by atoms with Crippen LogP contribution in [0.15, 0.2) is 12.1 Å². The largest absolute Gasteiger partial charge is 0.359 e. The van der Waals surface area contributed by atoms with Gasteiger partial charge in [-0.15, -0.1) is 0 Å². The lowest BCUT2D eigenvalue weighted by Crippen LogP contribution is -2.29. The van der Waals surface area contributed by atoms with Crippen LogP contribution in [0.3, 0.4) is 0 Å². The number of anilines is 1. The Morgan fingerprint density at radius 3 is 2.89 bits per heavy atom. The van der Waals surface area contributed by atoms with Crippen molar-refractivity contribution in [3.63, 3.8) is 0 Å². The molecule has 1 aromatic heterocycles. The van der Waals surface area contributed by atoms with Crippen molar-refractivity contribution in [3.05, 3.63) is 22.8 Å². The van der Waals surface area contributed by atoms with Crippen LogP contribution in [0.5, 0.6) is 0 Å². The van der Waals surface area contributed by atoms with Crippen molar-refractivity contribution in [2.75, 3.05) is 18.5 Å². The lowest BCUT2D eigenvalue weighted by molar-refractivity contribution is 0.337. The van der Waals surface area contributed by atoms with Crippen LogP contribution in [0, 0.1) is 29.1 Å². The summed E-state index contributed by atoms with van der Waals surface area (Å²) in [6.45, 7) is 1.03. The second kappa shape index (κ2) is 5.02. The number of rotatable bonds is 3. The fourth-order valence-electron chi connectivity index (χ4n) is 3.79. The van der Waals surface area contributed by atoms with E-state index in [1.165, 1.54) is 25.7 Å². The molecule has 2 fully saturated rings. The normalized spacial score (nSPS) is 28.4. The van der Waals surface area contributed by atoms with Crippen molar-refractivity contribution in [2.24, 2.45) is 17.8 Å². The lowest BCUT2D eigenvalue weighted by Gasteiger charge is -2.28. The first-order chi connectivity index (χ1) is 9.15. The molecule has 4 heteroatoms. The monoisotopic (exact) mass is 275 g/mol. The van der Waals surface area contributed by atoms with Crippen LogP contribution in [0.1, 0.15) is 31.2 Å². The molecule has 3 atom stereocenters. The second-order valence-corrected chi connectivity index (χ2v) is 6.35. The Morgan fingerprint density at radius 2 is 2.26 bits per heavy atom. The standard InChI is InChI=1S/C15H18ClN3/c1-19(9-13-5-10-2-3-12(13)4-10)15-7-11(8-17)6-14(16)18-15/h6-7,10,12-13H,2-5,9H2,1H3. The minimum Gasteiger partial charge on any atom is -0.359 e. The Hall–Kier alpha value is -1.27. The predicted octanol–water partition coefficient (Wildman–Crippen LogP) is 3.48. The summed E-state index contributed by atoms with van der Waals surface area (Å²) in [6, 6.07) is 5.56. The third kappa shape index (κ3) is 2.55. The molecule has 3 unspecified atom stereocenters. The van der Waals surface area contributed by atoms with Crippen LogP contribution in [0.25, 0.3) is 0 Å². The van der Waals surface area contributed by atoms with Crippen LogP contribution in [-0.2, 0) is 0 Å². The zero-order valence-corrected chi connectivity index (χ0v) is 11.9. The molecule has 0 N–H and O–H groups in total. The van der Waals surface area contributed by atoms with Crippen LogP contribution in [0.4, 0.5) is 5.82 Å². The van der Waals surface area contributed by atoms with E-state index in [2.05, 4.69) is 16.0 Å². The highest BCUT2D eigenvalue weighted by Crippen LogP contribution is 2.48. The first-order valence-electron chi connectivity index (χ1n) is 6.94. The van der Waals surface area contributed by atoms with E-state index in [1.807, 2.05) is 13.1 Å². The molecule has 2 aliphatic carbocycles. The number of nitriles is 1. The molecule has 19 heavy (non-hydrogen) atoms. The number of pyridine rings is 1. The number of hydrogen-bond donors (Lipinski definition) is 0. The summed E-state index contributed by atoms with van der Waals surface area (Å²) in [7, 11) is 2.05. The van der Waals surface area contributed by atoms with Crippen molar-refractivity contribution in [1.82, 2.24) is 4.98 Å². The third-order valence-corrected chi connectivity index (χ3v) is 4.89. The minimum atomic E-state index is 0.397. The highest BCUT2D eigenvalue weighted by Gasteiger charge is 2.39. The van der Waals surface area contributed by atoms with Crippen molar-refractivity contribution < 1.29 is 0 Å². The molecule has 100 valence electrons. The SMILES string of the molecule is CN(CC1CC2CCC1C2)c1cc(C#N)cc(Cl)n1. The van der Waals surface area contributed by atoms with E-state index in [1.54, 1.807) is 6.07 Å². The average molecular weight is 276 g/mol. The second-order valence-electron chi connectivity index (χ2n) is 5.96. The number of halogens is 1. The van der Waals surface area contributed by atoms with E-state index in [0.29, 0.717) is 10.7 Å². The smallest absolute Gasteiger partial charge is 0.132 e. The van der Waals surface area contributed by atoms with Gasteiger partial charge in [0.2, 0.25) is 0 Å². The van der Waals surface area contributed by atoms with Crippen LogP contribution < -0.4 is 4.90 Å². The molecule has 0 aromatic carbocycles. The summed E-state index contributed by atoms with van der Waals surface area (Å²) in [5.74, 6) is 3.47. The maximum atomic E-state index is 8.98. The van der Waals surface area contributed by atoms with Crippen LogP contribution in [0.2, 0.25) is 5.15 Å². The van der Waals surface area contributed by atoms with Crippen molar-refractivity contribution >= 4 is 17.4 Å². The quantitative estimate of drug-likeness (QED) is 0.793. The summed E-state index contributed by atoms with van der Waals surface area (Å²) in [5, 5.41) is 9.38. The van der Waals surface area contributed by atoms with E-state index >= 15 is 0 Å². The molecule has 1 aromatic rings. The third-order valence-electron chi connectivity index (χ3n) is 4.69. The average Bonchev–Trinajstić information content (AvgIpc) is 3.00. The topological polar surface area (TPSA) is 39.9 Å². The van der Waals surface area contributed by atoms with E-state index in [-0.39, 0.29) is 0 Å². The summed E-state index contributed by atoms with van der Waals surface area (Å²) in [6.07, 6.45) is 5.61. The molecule has 3 rings (SSSR count). The molecule has 0 radical (unpaired) electrons. The fraction of sp³-hybridized carbons (Fsp3) is 0.600. The Kier molecular flexibility index (Phi) is 3.36. The Balaban J connectivity index is 1.72. The van der Waals surface area contributed by atoms with Gasteiger partial charge in [-0.1, -0.05) is 18.0 Å². The van der Waals surface area contributed by atoms with Gasteiger partial charge in [-0.3, -0.25) is 0 Å². The van der Waals surface area contributed by atoms with E-state index in [9.17, 15) is 0 Å². The Bertz CT molecular complexity index is 523. The van der Waals surface area contributed by atoms with Gasteiger partial charge in [0.25, 0.3) is 0 Å². The Morgan fingerprint density at radius 1 is 1.42 bits per heavy atom. The molecular weight excluding hydrogens is 258 g/mol. The minimum absolute atomic E-state index is 0.397. The fourth-order valence-corrected chi connectivity index (χ4v) is 3.99. The van der Waals surface area contributed by atoms with Gasteiger partial charge in [-0.05, 0) is 49.1 Å². The van der Waals surface area contributed by atoms with Crippen molar-refractivity contribution in [3.8, 4) is 6.07 Å². The highest BCUT2D eigenvalue weighted by atomic mass is 35.5. The molecule has 0 spiro atoms. The highest BCUT2D eigenvalue weighted by molar-refractivity contribution is 6.29. The van der Waals surface area contributed by atoms with Gasteiger partial charge in [-0.25, -0.2) is 4.98 Å². The number of nitrogens with zero attached hydrogens (tertiary/aromatic N) is 3. The lowest BCUT2D eigenvalue weighted by atomic mass is 9.88. The first-order valence-corrected chi connectivity index (χ1v) is 7.32. The van der Waals surface area contributed by atoms with Crippen molar-refractivity contribution in [2.45, 2.75) is 25.7 Å². The molecule has 2 bridgehead atoms. The zero-order valence-electron chi connectivity index (χ0n) is 11.1. The first kappa shape index (κ1) is 12.7. The zero-order chi connectivity index (χ0) is 13.4. The van der Waals surface area contributed by atoms with Crippen molar-refractivity contribution in [1.29, 1.82) is 5.26 Å². The van der Waals surface area contributed by atoms with Gasteiger partial charge in [0.1, 0.15) is 11.0 Å². The molecular formula is C15H18ClN3. The summed E-state index contributed by atoms with van der Waals surface area (Å²) in [4.78, 5) is 6.48. The van der Waals surface area contributed by atoms with Crippen LogP contribution >= 0.6 is 11.6 Å². The van der Waals surface area contributed by atoms with Gasteiger partial charge in [0, 0.05) is 13.6 Å². The maximum Gasteiger partial charge on any atom is 0.132 e. The van der Waals surface area contributed by atoms with E-state index in [0.717, 1.165) is 30.1 Å². The van der Waals surface area contributed by atoms with E-state index in [4.69, 9.17) is 16.9 Å². The summed E-state index contributed by atoms with van der Waals surface area (Å²) in [5.41, 5.74) is 0.579. The number of hydrogen-bond acceptors (Lipinski definition) is 3. The van der Waals surface area contributed by atoms with Gasteiger partial charge in [-0.2, -0.15) is 5.26 Å². The van der Waals surface area contributed by atoms with Gasteiger partial charge < -0.3 is 4.90 Å². The van der Waals surface area contributed by atoms with E-state index < -0.39 is 0 Å². The maximum absolute atomic E-state index is 8.98. The van der Waals surface area contributed by atoms with Crippen LogP contribution in [-0.4, -0.2) is 18.6 Å². The number of fused-ring (bicyclic) bond motifs is 2. The molecule has 3 nitrogen and oxygen atoms in total. The molecule has 1 heterocycles. The molecule has 0 amide bonds. The molecule has 0 aliphatic heterocycles.